The predicted molar refractivity (Wildman–Crippen MR) is 67.7 cm³/mol. The second-order valence-electron chi connectivity index (χ2n) is 3.94. The zero-order chi connectivity index (χ0) is 13.4. The van der Waals surface area contributed by atoms with E-state index >= 15 is 0 Å². The lowest BCUT2D eigenvalue weighted by molar-refractivity contribution is -0.125. The molecule has 98 valence electrons. The molecule has 0 radical (unpaired) electrons. The molecule has 18 heavy (non-hydrogen) atoms. The molecule has 0 unspecified atom stereocenters. The van der Waals surface area contributed by atoms with E-state index in [4.69, 9.17) is 4.74 Å². The van der Waals surface area contributed by atoms with Crippen LogP contribution in [0.5, 0.6) is 0 Å². The molecule has 0 spiro atoms. The van der Waals surface area contributed by atoms with Gasteiger partial charge in [-0.05, 0) is 11.1 Å². The third kappa shape index (κ3) is 5.45. The Morgan fingerprint density at radius 1 is 1.11 bits per heavy atom. The second kappa shape index (κ2) is 7.45. The quantitative estimate of drug-likeness (QED) is 0.776. The molecule has 0 atom stereocenters. The third-order valence-corrected chi connectivity index (χ3v) is 2.32. The first-order valence-corrected chi connectivity index (χ1v) is 5.69. The average molecular weight is 250 g/mol. The summed E-state index contributed by atoms with van der Waals surface area (Å²) in [5.74, 6) is -0.416. The highest BCUT2D eigenvalue weighted by Gasteiger charge is 2.02. The molecule has 0 bridgehead atoms. The van der Waals surface area contributed by atoms with Crippen LogP contribution in [-0.4, -0.2) is 25.5 Å². The summed E-state index contributed by atoms with van der Waals surface area (Å²) in [7, 11) is 1.65. The molecule has 0 aliphatic heterocycles. The first kappa shape index (κ1) is 14.2. The van der Waals surface area contributed by atoms with Gasteiger partial charge in [-0.25, -0.2) is 0 Å². The van der Waals surface area contributed by atoms with Crippen LogP contribution >= 0.6 is 0 Å². The van der Waals surface area contributed by atoms with Crippen molar-refractivity contribution in [3.63, 3.8) is 0 Å². The number of nitrogens with one attached hydrogen (secondary N) is 2. The van der Waals surface area contributed by atoms with E-state index in [9.17, 15) is 9.59 Å². The van der Waals surface area contributed by atoms with Gasteiger partial charge in [0.15, 0.2) is 0 Å². The van der Waals surface area contributed by atoms with Crippen LogP contribution in [-0.2, 0) is 27.5 Å². The zero-order valence-electron chi connectivity index (χ0n) is 10.7. The number of rotatable bonds is 6. The summed E-state index contributed by atoms with van der Waals surface area (Å²) in [6, 6.07) is 7.79. The number of carbonyl (C=O) groups is 2. The molecule has 0 aromatic heterocycles. The van der Waals surface area contributed by atoms with E-state index in [1.807, 2.05) is 24.3 Å². The molecule has 0 aliphatic rings. The summed E-state index contributed by atoms with van der Waals surface area (Å²) in [6.07, 6.45) is 0. The van der Waals surface area contributed by atoms with E-state index in [0.29, 0.717) is 13.2 Å². The van der Waals surface area contributed by atoms with Gasteiger partial charge in [0.25, 0.3) is 0 Å². The van der Waals surface area contributed by atoms with Crippen molar-refractivity contribution >= 4 is 11.8 Å². The lowest BCUT2D eigenvalue weighted by Gasteiger charge is -2.06. The van der Waals surface area contributed by atoms with Crippen LogP contribution in [0.4, 0.5) is 0 Å². The monoisotopic (exact) mass is 250 g/mol. The SMILES string of the molecule is COCc1ccc(CNC(=O)CNC(C)=O)cc1. The van der Waals surface area contributed by atoms with Crippen LogP contribution in [0.15, 0.2) is 24.3 Å². The highest BCUT2D eigenvalue weighted by molar-refractivity contribution is 5.83. The van der Waals surface area contributed by atoms with E-state index in [2.05, 4.69) is 10.6 Å². The minimum absolute atomic E-state index is 0.0110. The second-order valence-corrected chi connectivity index (χ2v) is 3.94. The topological polar surface area (TPSA) is 67.4 Å². The number of hydrogen-bond donors (Lipinski definition) is 2. The standard InChI is InChI=1S/C13H18N2O3/c1-10(16)14-8-13(17)15-7-11-3-5-12(6-4-11)9-18-2/h3-6H,7-9H2,1-2H3,(H,14,16)(H,15,17). The number of amides is 2. The molecule has 0 fully saturated rings. The number of methoxy groups -OCH3 is 1. The summed E-state index contributed by atoms with van der Waals surface area (Å²) in [6.45, 7) is 2.42. The van der Waals surface area contributed by atoms with Crippen molar-refractivity contribution < 1.29 is 14.3 Å². The molecule has 0 heterocycles. The van der Waals surface area contributed by atoms with Crippen molar-refractivity contribution in [2.45, 2.75) is 20.1 Å². The number of ether oxygens (including phenoxy) is 1. The largest absolute Gasteiger partial charge is 0.380 e. The van der Waals surface area contributed by atoms with Gasteiger partial charge in [-0.15, -0.1) is 0 Å². The van der Waals surface area contributed by atoms with Crippen LogP contribution in [0.1, 0.15) is 18.1 Å². The van der Waals surface area contributed by atoms with Gasteiger partial charge in [0.05, 0.1) is 13.2 Å². The zero-order valence-corrected chi connectivity index (χ0v) is 10.7. The number of carbonyl (C=O) groups excluding carboxylic acids is 2. The van der Waals surface area contributed by atoms with Gasteiger partial charge >= 0.3 is 0 Å². The molecule has 2 N–H and O–H groups in total. The summed E-state index contributed by atoms with van der Waals surface area (Å²) in [5.41, 5.74) is 2.09. The van der Waals surface area contributed by atoms with Crippen LogP contribution in [0, 0.1) is 0 Å². The van der Waals surface area contributed by atoms with Gasteiger partial charge in [0.1, 0.15) is 0 Å². The maximum absolute atomic E-state index is 11.3. The van der Waals surface area contributed by atoms with Crippen molar-refractivity contribution in [1.82, 2.24) is 10.6 Å². The fourth-order valence-electron chi connectivity index (χ4n) is 1.39. The van der Waals surface area contributed by atoms with E-state index in [1.54, 1.807) is 7.11 Å². The third-order valence-electron chi connectivity index (χ3n) is 2.32. The average Bonchev–Trinajstić information content (AvgIpc) is 2.36. The first-order valence-electron chi connectivity index (χ1n) is 5.69. The first-order chi connectivity index (χ1) is 8.61. The van der Waals surface area contributed by atoms with Crippen molar-refractivity contribution in [3.05, 3.63) is 35.4 Å². The van der Waals surface area contributed by atoms with Crippen molar-refractivity contribution in [1.29, 1.82) is 0 Å². The Hall–Kier alpha value is -1.88. The summed E-state index contributed by atoms with van der Waals surface area (Å²) >= 11 is 0. The van der Waals surface area contributed by atoms with E-state index in [1.165, 1.54) is 6.92 Å². The van der Waals surface area contributed by atoms with Crippen LogP contribution in [0.3, 0.4) is 0 Å². The maximum Gasteiger partial charge on any atom is 0.239 e. The Morgan fingerprint density at radius 2 is 1.72 bits per heavy atom. The maximum atomic E-state index is 11.3. The van der Waals surface area contributed by atoms with Crippen molar-refractivity contribution in [2.24, 2.45) is 0 Å². The summed E-state index contributed by atoms with van der Waals surface area (Å²) in [5, 5.41) is 5.16. The molecule has 0 aliphatic carbocycles. The Kier molecular flexibility index (Phi) is 5.87. The molecule has 2 amide bonds. The summed E-state index contributed by atoms with van der Waals surface area (Å²) < 4.78 is 5.01. The summed E-state index contributed by atoms with van der Waals surface area (Å²) in [4.78, 5) is 22.0. The molecule has 5 nitrogen and oxygen atoms in total. The lowest BCUT2D eigenvalue weighted by Crippen LogP contribution is -2.35. The van der Waals surface area contributed by atoms with Crippen molar-refractivity contribution in [3.8, 4) is 0 Å². The molecule has 0 saturated heterocycles. The van der Waals surface area contributed by atoms with Gasteiger partial charge < -0.3 is 15.4 Å². The Bertz CT molecular complexity index is 401. The fourth-order valence-corrected chi connectivity index (χ4v) is 1.39. The van der Waals surface area contributed by atoms with Gasteiger partial charge in [0, 0.05) is 20.6 Å². The molecular formula is C13H18N2O3. The normalized spacial score (nSPS) is 9.89. The van der Waals surface area contributed by atoms with Gasteiger partial charge in [-0.1, -0.05) is 24.3 Å². The number of benzene rings is 1. The van der Waals surface area contributed by atoms with E-state index < -0.39 is 0 Å². The molecule has 1 aromatic rings. The van der Waals surface area contributed by atoms with Crippen molar-refractivity contribution in [2.75, 3.05) is 13.7 Å². The molecule has 1 rings (SSSR count). The van der Waals surface area contributed by atoms with Crippen LogP contribution < -0.4 is 10.6 Å². The predicted octanol–water partition coefficient (Wildman–Crippen LogP) is 0.585. The Labute approximate surface area is 107 Å². The van der Waals surface area contributed by atoms with Crippen LogP contribution in [0.25, 0.3) is 0 Å². The number of hydrogen-bond acceptors (Lipinski definition) is 3. The minimum Gasteiger partial charge on any atom is -0.380 e. The van der Waals surface area contributed by atoms with Gasteiger partial charge in [-0.3, -0.25) is 9.59 Å². The highest BCUT2D eigenvalue weighted by atomic mass is 16.5. The fraction of sp³-hybridized carbons (Fsp3) is 0.385. The minimum atomic E-state index is -0.214. The lowest BCUT2D eigenvalue weighted by atomic mass is 10.1. The molecule has 1 aromatic carbocycles. The van der Waals surface area contributed by atoms with Crippen LogP contribution in [0.2, 0.25) is 0 Å². The molecule has 5 heteroatoms. The van der Waals surface area contributed by atoms with Gasteiger partial charge in [0.2, 0.25) is 11.8 Å². The highest BCUT2D eigenvalue weighted by Crippen LogP contribution is 2.05. The molecular weight excluding hydrogens is 232 g/mol. The van der Waals surface area contributed by atoms with E-state index in [0.717, 1.165) is 11.1 Å². The Morgan fingerprint density at radius 3 is 2.28 bits per heavy atom. The Balaban J connectivity index is 2.34. The smallest absolute Gasteiger partial charge is 0.239 e. The van der Waals surface area contributed by atoms with E-state index in [-0.39, 0.29) is 18.4 Å². The molecule has 0 saturated carbocycles. The van der Waals surface area contributed by atoms with Gasteiger partial charge in [-0.2, -0.15) is 0 Å².